The Bertz CT molecular complexity index is 2220. The largest absolute Gasteiger partial charge is 0.481 e. The third-order valence-corrected chi connectivity index (χ3v) is 11.7. The topological polar surface area (TPSA) is 226 Å². The third-order valence-electron chi connectivity index (χ3n) is 9.99. The fraction of sp³-hybridized carbons (Fsp3) is 0.341. The monoisotopic (exact) mass is 820 g/mol. The molecule has 1 aliphatic heterocycles. The normalized spacial score (nSPS) is 14.2. The van der Waals surface area contributed by atoms with E-state index < -0.39 is 46.4 Å². The van der Waals surface area contributed by atoms with Crippen molar-refractivity contribution in [2.24, 2.45) is 0 Å². The van der Waals surface area contributed by atoms with Gasteiger partial charge in [0.2, 0.25) is 10.0 Å². The number of nitrogens with zero attached hydrogens (tertiary/aromatic N) is 3. The molecule has 0 aromatic heterocycles. The van der Waals surface area contributed by atoms with E-state index in [2.05, 4.69) is 15.7 Å². The summed E-state index contributed by atoms with van der Waals surface area (Å²) >= 11 is 6.21. The number of amides is 1. The standard InChI is InChI=1S/C35H37ClN4O3S.C6H8O7/c1-38-44(42,43)34-10-6-5-9-32(34)27-15-18-40(19-16-27)20-17-29(26-11-13-30(36)14-12-26)24-39(2)35(41)33-22-25(23-37)21-28-7-3-4-8-31(28)33;7-3(8)1-6(13,5(11)12)2-4(9)10/h3-14,21-22,27,29,38H,15-20,24H2,1-2H3;13H,1-2H2,(H,7,8)(H,9,10)(H,11,12)/t29-;/m1./s1. The number of hydrogen-bond acceptors (Lipinski definition) is 9. The molecule has 1 atom stereocenters. The van der Waals surface area contributed by atoms with Crippen molar-refractivity contribution in [2.45, 2.75) is 54.4 Å². The number of carboxylic acid groups (broad SMARTS) is 3. The van der Waals surface area contributed by atoms with E-state index in [0.29, 0.717) is 27.6 Å². The molecule has 302 valence electrons. The van der Waals surface area contributed by atoms with E-state index in [0.717, 1.165) is 60.8 Å². The Balaban J connectivity index is 0.000000476. The highest BCUT2D eigenvalue weighted by Crippen LogP contribution is 2.33. The van der Waals surface area contributed by atoms with Crippen LogP contribution in [0, 0.1) is 11.3 Å². The molecular formula is C41H45ClN4O10S. The summed E-state index contributed by atoms with van der Waals surface area (Å²) < 4.78 is 27.7. The zero-order chi connectivity index (χ0) is 41.9. The number of sulfonamides is 1. The van der Waals surface area contributed by atoms with Gasteiger partial charge in [0.05, 0.1) is 29.4 Å². The lowest BCUT2D eigenvalue weighted by Crippen LogP contribution is -2.42. The Morgan fingerprint density at radius 3 is 2.12 bits per heavy atom. The van der Waals surface area contributed by atoms with Crippen LogP contribution in [0.5, 0.6) is 0 Å². The third kappa shape index (κ3) is 11.8. The van der Waals surface area contributed by atoms with Crippen LogP contribution in [0.2, 0.25) is 5.02 Å². The van der Waals surface area contributed by atoms with Crippen molar-refractivity contribution >= 4 is 56.2 Å². The molecule has 0 aliphatic carbocycles. The predicted molar refractivity (Wildman–Crippen MR) is 213 cm³/mol. The summed E-state index contributed by atoms with van der Waals surface area (Å²) in [6, 6.07) is 28.5. The lowest BCUT2D eigenvalue weighted by atomic mass is 9.88. The predicted octanol–water partition coefficient (Wildman–Crippen LogP) is 5.15. The highest BCUT2D eigenvalue weighted by Gasteiger charge is 2.40. The number of carboxylic acids is 3. The number of aliphatic carboxylic acids is 3. The van der Waals surface area contributed by atoms with Gasteiger partial charge in [-0.15, -0.1) is 0 Å². The van der Waals surface area contributed by atoms with Gasteiger partial charge in [0.15, 0.2) is 5.60 Å². The molecule has 0 bridgehead atoms. The minimum Gasteiger partial charge on any atom is -0.481 e. The van der Waals surface area contributed by atoms with Crippen LogP contribution < -0.4 is 4.72 Å². The van der Waals surface area contributed by atoms with E-state index in [1.54, 1.807) is 23.1 Å². The van der Waals surface area contributed by atoms with Gasteiger partial charge in [0.1, 0.15) is 0 Å². The number of benzene rings is 4. The Morgan fingerprint density at radius 1 is 0.947 bits per heavy atom. The highest BCUT2D eigenvalue weighted by atomic mass is 35.5. The van der Waals surface area contributed by atoms with Crippen molar-refractivity contribution in [3.63, 3.8) is 0 Å². The molecule has 14 nitrogen and oxygen atoms in total. The number of fused-ring (bicyclic) bond motifs is 1. The van der Waals surface area contributed by atoms with Gasteiger partial charge in [0.25, 0.3) is 5.91 Å². The number of carbonyl (C=O) groups is 4. The van der Waals surface area contributed by atoms with Gasteiger partial charge >= 0.3 is 17.9 Å². The maximum atomic E-state index is 13.8. The zero-order valence-corrected chi connectivity index (χ0v) is 33.0. The quantitative estimate of drug-likeness (QED) is 0.105. The van der Waals surface area contributed by atoms with E-state index in [4.69, 9.17) is 32.0 Å². The SMILES string of the molecule is CNS(=O)(=O)c1ccccc1C1CCN(CC[C@H](CN(C)C(=O)c2cc(C#N)cc3ccccc23)c2ccc(Cl)cc2)CC1.O=C(O)CC(O)(CC(=O)O)C(=O)O. The smallest absolute Gasteiger partial charge is 0.336 e. The maximum Gasteiger partial charge on any atom is 0.336 e. The minimum atomic E-state index is -3.52. The van der Waals surface area contributed by atoms with Gasteiger partial charge in [-0.3, -0.25) is 14.4 Å². The summed E-state index contributed by atoms with van der Waals surface area (Å²) in [5.41, 5.74) is 0.251. The Kier molecular flexibility index (Phi) is 15.3. The van der Waals surface area contributed by atoms with Crippen LogP contribution in [0.25, 0.3) is 10.8 Å². The van der Waals surface area contributed by atoms with E-state index >= 15 is 0 Å². The molecule has 1 heterocycles. The Hall–Kier alpha value is -5.37. The van der Waals surface area contributed by atoms with Crippen molar-refractivity contribution < 1.29 is 48.0 Å². The fourth-order valence-corrected chi connectivity index (χ4v) is 8.11. The number of halogens is 1. The summed E-state index contributed by atoms with van der Waals surface area (Å²) in [5, 5.41) is 45.8. The number of nitrogens with one attached hydrogen (secondary N) is 1. The minimum absolute atomic E-state index is 0.0749. The first kappa shape index (κ1) is 44.3. The summed E-state index contributed by atoms with van der Waals surface area (Å²) in [7, 11) is -0.255. The van der Waals surface area contributed by atoms with Crippen LogP contribution in [0.3, 0.4) is 0 Å². The lowest BCUT2D eigenvalue weighted by Gasteiger charge is -2.34. The van der Waals surface area contributed by atoms with Crippen molar-refractivity contribution in [1.82, 2.24) is 14.5 Å². The highest BCUT2D eigenvalue weighted by molar-refractivity contribution is 7.89. The second-order valence-electron chi connectivity index (χ2n) is 13.9. The van der Waals surface area contributed by atoms with Crippen LogP contribution in [-0.4, -0.2) is 108 Å². The summed E-state index contributed by atoms with van der Waals surface area (Å²) in [4.78, 5) is 48.8. The van der Waals surface area contributed by atoms with Crippen LogP contribution in [0.15, 0.2) is 89.8 Å². The number of piperidine rings is 1. The molecule has 1 amide bonds. The molecule has 4 aromatic rings. The van der Waals surface area contributed by atoms with E-state index in [1.165, 1.54) is 7.05 Å². The van der Waals surface area contributed by atoms with Crippen molar-refractivity contribution in [2.75, 3.05) is 40.3 Å². The zero-order valence-electron chi connectivity index (χ0n) is 31.5. The van der Waals surface area contributed by atoms with Crippen LogP contribution >= 0.6 is 11.6 Å². The molecule has 57 heavy (non-hydrogen) atoms. The fourth-order valence-electron chi connectivity index (χ4n) is 6.96. The summed E-state index contributed by atoms with van der Waals surface area (Å²) in [5.74, 6) is -4.88. The van der Waals surface area contributed by atoms with E-state index in [9.17, 15) is 32.9 Å². The number of aliphatic hydroxyl groups is 1. The van der Waals surface area contributed by atoms with Crippen molar-refractivity contribution in [3.05, 3.63) is 112 Å². The van der Waals surface area contributed by atoms with Crippen LogP contribution in [0.1, 0.15) is 71.0 Å². The van der Waals surface area contributed by atoms with Crippen molar-refractivity contribution in [3.8, 4) is 6.07 Å². The molecule has 5 rings (SSSR count). The summed E-state index contributed by atoms with van der Waals surface area (Å²) in [6.45, 7) is 3.10. The number of hydrogen-bond donors (Lipinski definition) is 5. The molecule has 1 saturated heterocycles. The number of rotatable bonds is 15. The van der Waals surface area contributed by atoms with E-state index in [-0.39, 0.29) is 17.7 Å². The van der Waals surface area contributed by atoms with Crippen molar-refractivity contribution in [1.29, 1.82) is 5.26 Å². The molecule has 0 spiro atoms. The van der Waals surface area contributed by atoms with Gasteiger partial charge in [-0.2, -0.15) is 5.26 Å². The molecule has 5 N–H and O–H groups in total. The second kappa shape index (κ2) is 19.7. The molecule has 0 saturated carbocycles. The molecule has 4 aromatic carbocycles. The number of likely N-dealkylation sites (tertiary alicyclic amines) is 1. The average Bonchev–Trinajstić information content (AvgIpc) is 3.18. The van der Waals surface area contributed by atoms with Gasteiger partial charge in [-0.25, -0.2) is 17.9 Å². The maximum absolute atomic E-state index is 13.8. The number of likely N-dealkylation sites (N-methyl/N-ethyl adjacent to an activating group) is 1. The first-order valence-electron chi connectivity index (χ1n) is 18.1. The van der Waals surface area contributed by atoms with E-state index in [1.807, 2.05) is 73.8 Å². The number of carbonyl (C=O) groups excluding carboxylic acids is 1. The summed E-state index contributed by atoms with van der Waals surface area (Å²) in [6.07, 6.45) is 0.308. The molecule has 1 aliphatic rings. The molecular weight excluding hydrogens is 776 g/mol. The average molecular weight is 821 g/mol. The molecule has 0 unspecified atom stereocenters. The van der Waals surface area contributed by atoms with Gasteiger partial charge in [-0.1, -0.05) is 66.2 Å². The van der Waals surface area contributed by atoms with Gasteiger partial charge < -0.3 is 30.2 Å². The first-order valence-corrected chi connectivity index (χ1v) is 19.9. The lowest BCUT2D eigenvalue weighted by molar-refractivity contribution is -0.170. The van der Waals surface area contributed by atoms with Crippen LogP contribution in [0.4, 0.5) is 0 Å². The first-order chi connectivity index (χ1) is 27.0. The van der Waals surface area contributed by atoms with Gasteiger partial charge in [0, 0.05) is 30.1 Å². The molecule has 0 radical (unpaired) electrons. The molecule has 16 heteroatoms. The Morgan fingerprint density at radius 2 is 1.54 bits per heavy atom. The molecule has 1 fully saturated rings. The second-order valence-corrected chi connectivity index (χ2v) is 16.2. The number of nitriles is 1. The van der Waals surface area contributed by atoms with Gasteiger partial charge in [-0.05, 0) is 104 Å². The van der Waals surface area contributed by atoms with Crippen LogP contribution in [-0.2, 0) is 24.4 Å². The Labute approximate surface area is 336 Å².